The molecule has 0 saturated carbocycles. The predicted molar refractivity (Wildman–Crippen MR) is 97.1 cm³/mol. The molecule has 4 atom stereocenters. The van der Waals surface area contributed by atoms with E-state index in [-0.39, 0.29) is 33.6 Å². The van der Waals surface area contributed by atoms with Crippen LogP contribution < -0.4 is 16.0 Å². The molecule has 3 aliphatic rings. The second-order valence-electron chi connectivity index (χ2n) is 6.93. The lowest BCUT2D eigenvalue weighted by atomic mass is 9.72. The van der Waals surface area contributed by atoms with E-state index in [0.29, 0.717) is 17.9 Å². The fourth-order valence-electron chi connectivity index (χ4n) is 4.63. The number of anilines is 1. The molecular formula is C18H13Cl2FN4O2. The summed E-state index contributed by atoms with van der Waals surface area (Å²) in [7, 11) is 0. The van der Waals surface area contributed by atoms with Gasteiger partial charge in [0.05, 0.1) is 10.9 Å². The van der Waals surface area contributed by atoms with E-state index in [1.165, 1.54) is 6.07 Å². The quantitative estimate of drug-likeness (QED) is 0.633. The first-order chi connectivity index (χ1) is 12.9. The number of nitrogens with one attached hydrogen (secondary N) is 3. The number of nitrogens with zero attached hydrogens (tertiary/aromatic N) is 1. The Morgan fingerprint density at radius 3 is 2.81 bits per heavy atom. The molecule has 1 spiro atoms. The van der Waals surface area contributed by atoms with Crippen molar-refractivity contribution in [2.24, 2.45) is 5.92 Å². The van der Waals surface area contributed by atoms with Gasteiger partial charge in [0, 0.05) is 24.1 Å². The van der Waals surface area contributed by atoms with Crippen LogP contribution in [-0.4, -0.2) is 29.4 Å². The smallest absolute Gasteiger partial charge is 0.251 e. The standard InChI is InChI=1S/C18H13Cl2FN4O2/c19-9-3-1-2-7(14(9)21)13-12-10(6-22-16(12)26)25-18(13)8-4-5-11(20)23-15(8)24-17(18)27/h1-5,10,12-13,25H,6H2,(H,22,26)(H,23,24,27)/t10-,12+,13-,18+/m0/s1. The van der Waals surface area contributed by atoms with E-state index >= 15 is 0 Å². The van der Waals surface area contributed by atoms with Crippen LogP contribution in [0.15, 0.2) is 30.3 Å². The van der Waals surface area contributed by atoms with E-state index in [2.05, 4.69) is 20.9 Å². The highest BCUT2D eigenvalue weighted by molar-refractivity contribution is 6.31. The first kappa shape index (κ1) is 16.9. The van der Waals surface area contributed by atoms with Crippen molar-refractivity contribution in [1.29, 1.82) is 0 Å². The molecule has 0 radical (unpaired) electrons. The lowest BCUT2D eigenvalue weighted by Crippen LogP contribution is -2.50. The van der Waals surface area contributed by atoms with Crippen LogP contribution >= 0.6 is 23.2 Å². The van der Waals surface area contributed by atoms with Crippen molar-refractivity contribution in [2.45, 2.75) is 17.5 Å². The van der Waals surface area contributed by atoms with Crippen LogP contribution in [0.1, 0.15) is 17.0 Å². The second-order valence-corrected chi connectivity index (χ2v) is 7.73. The molecule has 27 heavy (non-hydrogen) atoms. The van der Waals surface area contributed by atoms with E-state index in [1.54, 1.807) is 24.3 Å². The van der Waals surface area contributed by atoms with Gasteiger partial charge in [0.15, 0.2) is 0 Å². The first-order valence-electron chi connectivity index (χ1n) is 8.41. The summed E-state index contributed by atoms with van der Waals surface area (Å²) in [6, 6.07) is 7.55. The summed E-state index contributed by atoms with van der Waals surface area (Å²) in [5.74, 6) is -2.34. The summed E-state index contributed by atoms with van der Waals surface area (Å²) in [6.45, 7) is 0.355. The molecule has 9 heteroatoms. The third-order valence-electron chi connectivity index (χ3n) is 5.66. The Morgan fingerprint density at radius 2 is 2.00 bits per heavy atom. The number of aromatic nitrogens is 1. The van der Waals surface area contributed by atoms with Gasteiger partial charge in [-0.05, 0) is 23.8 Å². The average Bonchev–Trinajstić information content (AvgIpc) is 3.24. The number of pyridine rings is 1. The Kier molecular flexibility index (Phi) is 3.53. The van der Waals surface area contributed by atoms with Crippen molar-refractivity contribution in [3.05, 3.63) is 57.5 Å². The lowest BCUT2D eigenvalue weighted by Gasteiger charge is -2.32. The van der Waals surface area contributed by atoms with Crippen LogP contribution in [-0.2, 0) is 15.1 Å². The Hall–Kier alpha value is -2.22. The third kappa shape index (κ3) is 2.13. The van der Waals surface area contributed by atoms with Crippen molar-refractivity contribution < 1.29 is 14.0 Å². The van der Waals surface area contributed by atoms with Crippen molar-refractivity contribution in [3.8, 4) is 0 Å². The molecule has 0 unspecified atom stereocenters. The van der Waals surface area contributed by atoms with Gasteiger partial charge in [0.1, 0.15) is 22.3 Å². The Balaban J connectivity index is 1.78. The maximum atomic E-state index is 15.0. The molecule has 2 amide bonds. The van der Waals surface area contributed by atoms with Gasteiger partial charge in [-0.25, -0.2) is 9.37 Å². The van der Waals surface area contributed by atoms with E-state index in [4.69, 9.17) is 23.2 Å². The van der Waals surface area contributed by atoms with Crippen molar-refractivity contribution >= 4 is 40.8 Å². The number of carbonyl (C=O) groups excluding carboxylic acids is 2. The summed E-state index contributed by atoms with van der Waals surface area (Å²) in [5, 5.41) is 8.97. The van der Waals surface area contributed by atoms with Crippen LogP contribution in [0.5, 0.6) is 0 Å². The molecule has 138 valence electrons. The summed E-state index contributed by atoms with van der Waals surface area (Å²) in [6.07, 6.45) is 0. The fraction of sp³-hybridized carbons (Fsp3) is 0.278. The molecule has 5 rings (SSSR count). The SMILES string of the molecule is O=C1NC[C@@H]2N[C@@]3(C(=O)Nc4nc(Cl)ccc43)[C@@H](c3cccc(Cl)c3F)[C@H]12. The maximum absolute atomic E-state index is 15.0. The zero-order valence-corrected chi connectivity index (χ0v) is 15.2. The topological polar surface area (TPSA) is 83.1 Å². The van der Waals surface area contributed by atoms with E-state index in [9.17, 15) is 14.0 Å². The molecule has 6 nitrogen and oxygen atoms in total. The normalized spacial score (nSPS) is 31.0. The minimum atomic E-state index is -1.33. The summed E-state index contributed by atoms with van der Waals surface area (Å²) in [4.78, 5) is 29.9. The second kappa shape index (κ2) is 5.64. The fourth-order valence-corrected chi connectivity index (χ4v) is 4.96. The number of amides is 2. The van der Waals surface area contributed by atoms with Gasteiger partial charge in [-0.2, -0.15) is 0 Å². The van der Waals surface area contributed by atoms with Gasteiger partial charge in [-0.15, -0.1) is 0 Å². The number of halogens is 3. The molecule has 3 aliphatic heterocycles. The molecule has 1 aromatic heterocycles. The van der Waals surface area contributed by atoms with Gasteiger partial charge in [0.25, 0.3) is 5.91 Å². The minimum absolute atomic E-state index is 0.0580. The summed E-state index contributed by atoms with van der Waals surface area (Å²) in [5.41, 5.74) is -0.563. The molecule has 0 aliphatic carbocycles. The monoisotopic (exact) mass is 406 g/mol. The molecule has 4 heterocycles. The van der Waals surface area contributed by atoms with Crippen LogP contribution in [0.3, 0.4) is 0 Å². The molecule has 0 bridgehead atoms. The molecule has 3 N–H and O–H groups in total. The Bertz CT molecular complexity index is 1020. The zero-order valence-electron chi connectivity index (χ0n) is 13.7. The molecular weight excluding hydrogens is 394 g/mol. The van der Waals surface area contributed by atoms with Crippen molar-refractivity contribution in [1.82, 2.24) is 15.6 Å². The van der Waals surface area contributed by atoms with Gasteiger partial charge in [-0.3, -0.25) is 14.9 Å². The van der Waals surface area contributed by atoms with Gasteiger partial charge in [0.2, 0.25) is 5.91 Å². The largest absolute Gasteiger partial charge is 0.354 e. The molecule has 2 saturated heterocycles. The molecule has 2 fully saturated rings. The number of carbonyl (C=O) groups is 2. The predicted octanol–water partition coefficient (Wildman–Crippen LogP) is 2.18. The Morgan fingerprint density at radius 1 is 1.19 bits per heavy atom. The van der Waals surface area contributed by atoms with Crippen LogP contribution in [0.4, 0.5) is 10.2 Å². The third-order valence-corrected chi connectivity index (χ3v) is 6.17. The zero-order chi connectivity index (χ0) is 18.9. The van der Waals surface area contributed by atoms with Crippen LogP contribution in [0.2, 0.25) is 10.2 Å². The molecule has 1 aromatic carbocycles. The van der Waals surface area contributed by atoms with Gasteiger partial charge in [-0.1, -0.05) is 35.3 Å². The van der Waals surface area contributed by atoms with Crippen LogP contribution in [0.25, 0.3) is 0 Å². The van der Waals surface area contributed by atoms with E-state index in [1.807, 2.05) is 0 Å². The average molecular weight is 407 g/mol. The number of rotatable bonds is 1. The highest BCUT2D eigenvalue weighted by Crippen LogP contribution is 2.55. The maximum Gasteiger partial charge on any atom is 0.251 e. The van der Waals surface area contributed by atoms with Crippen molar-refractivity contribution in [3.63, 3.8) is 0 Å². The number of benzene rings is 1. The minimum Gasteiger partial charge on any atom is -0.354 e. The van der Waals surface area contributed by atoms with Gasteiger partial charge >= 0.3 is 0 Å². The number of hydrogen-bond donors (Lipinski definition) is 3. The number of hydrogen-bond acceptors (Lipinski definition) is 4. The summed E-state index contributed by atoms with van der Waals surface area (Å²) >= 11 is 12.0. The Labute approximate surface area is 163 Å². The van der Waals surface area contributed by atoms with Crippen LogP contribution in [0, 0.1) is 11.7 Å². The van der Waals surface area contributed by atoms with Gasteiger partial charge < -0.3 is 10.6 Å². The summed E-state index contributed by atoms with van der Waals surface area (Å²) < 4.78 is 15.0. The lowest BCUT2D eigenvalue weighted by molar-refractivity contribution is -0.124. The number of fused-ring (bicyclic) bond motifs is 3. The first-order valence-corrected chi connectivity index (χ1v) is 9.17. The van der Waals surface area contributed by atoms with Crippen molar-refractivity contribution in [2.75, 3.05) is 11.9 Å². The molecule has 2 aromatic rings. The highest BCUT2D eigenvalue weighted by atomic mass is 35.5. The van der Waals surface area contributed by atoms with E-state index in [0.717, 1.165) is 0 Å². The van der Waals surface area contributed by atoms with E-state index < -0.39 is 23.2 Å². The highest BCUT2D eigenvalue weighted by Gasteiger charge is 2.66.